The molecular weight excluding hydrogens is 188 g/mol. The van der Waals surface area contributed by atoms with E-state index in [0.717, 1.165) is 32.1 Å². The van der Waals surface area contributed by atoms with Crippen molar-refractivity contribution in [2.24, 2.45) is 11.3 Å². The second-order valence-electron chi connectivity index (χ2n) is 5.34. The molecular formula is C13H18O2. The minimum Gasteiger partial charge on any atom is -0.461 e. The normalized spacial score (nSPS) is 44.5. The van der Waals surface area contributed by atoms with Gasteiger partial charge in [-0.05, 0) is 38.5 Å². The lowest BCUT2D eigenvalue weighted by molar-refractivity contribution is -0.150. The van der Waals surface area contributed by atoms with Crippen LogP contribution in [-0.4, -0.2) is 12.1 Å². The molecule has 1 aliphatic heterocycles. The summed E-state index contributed by atoms with van der Waals surface area (Å²) < 4.78 is 5.57. The molecule has 0 unspecified atom stereocenters. The van der Waals surface area contributed by atoms with Crippen molar-refractivity contribution in [2.45, 2.75) is 51.0 Å². The molecule has 2 bridgehead atoms. The fourth-order valence-corrected chi connectivity index (χ4v) is 3.90. The summed E-state index contributed by atoms with van der Waals surface area (Å²) in [5, 5.41) is 0. The molecule has 3 atom stereocenters. The van der Waals surface area contributed by atoms with Gasteiger partial charge < -0.3 is 4.74 Å². The van der Waals surface area contributed by atoms with E-state index < -0.39 is 0 Å². The molecule has 3 aliphatic rings. The van der Waals surface area contributed by atoms with Crippen LogP contribution in [0.15, 0.2) is 12.2 Å². The molecule has 2 aliphatic carbocycles. The third-order valence-electron chi connectivity index (χ3n) is 4.55. The molecule has 0 aromatic heterocycles. The molecule has 2 nitrogen and oxygen atoms in total. The molecule has 0 aromatic carbocycles. The number of carbonyl (C=O) groups is 1. The molecule has 82 valence electrons. The van der Waals surface area contributed by atoms with Gasteiger partial charge in [-0.15, -0.1) is 0 Å². The van der Waals surface area contributed by atoms with E-state index in [1.165, 1.54) is 18.4 Å². The Kier molecular flexibility index (Phi) is 1.95. The standard InChI is InChI=1S/C13H18O2/c1-9-5-4-8-13-7-3-2-6-10(11(9)13)15-12(13)14/h10-11H,1-8H2/t10-,11-,13-/m0/s1. The maximum Gasteiger partial charge on any atom is 0.313 e. The lowest BCUT2D eigenvalue weighted by atomic mass is 9.63. The van der Waals surface area contributed by atoms with E-state index in [0.29, 0.717) is 5.92 Å². The average molecular weight is 206 g/mol. The molecule has 1 heterocycles. The van der Waals surface area contributed by atoms with Crippen LogP contribution in [0.25, 0.3) is 0 Å². The van der Waals surface area contributed by atoms with Gasteiger partial charge >= 0.3 is 5.97 Å². The summed E-state index contributed by atoms with van der Waals surface area (Å²) in [6, 6.07) is 0. The van der Waals surface area contributed by atoms with Gasteiger partial charge in [0.15, 0.2) is 0 Å². The summed E-state index contributed by atoms with van der Waals surface area (Å²) in [5.74, 6) is 0.430. The molecule has 3 fully saturated rings. The lowest BCUT2D eigenvalue weighted by Gasteiger charge is -2.36. The molecule has 1 saturated heterocycles. The van der Waals surface area contributed by atoms with Crippen LogP contribution in [0.1, 0.15) is 44.9 Å². The van der Waals surface area contributed by atoms with Crippen LogP contribution in [0.4, 0.5) is 0 Å². The molecule has 0 radical (unpaired) electrons. The van der Waals surface area contributed by atoms with E-state index in [4.69, 9.17) is 4.74 Å². The summed E-state index contributed by atoms with van der Waals surface area (Å²) >= 11 is 0. The van der Waals surface area contributed by atoms with Crippen molar-refractivity contribution in [2.75, 3.05) is 0 Å². The largest absolute Gasteiger partial charge is 0.461 e. The van der Waals surface area contributed by atoms with Gasteiger partial charge in [0.2, 0.25) is 0 Å². The van der Waals surface area contributed by atoms with Gasteiger partial charge in [-0.25, -0.2) is 0 Å². The van der Waals surface area contributed by atoms with Crippen LogP contribution < -0.4 is 0 Å². The topological polar surface area (TPSA) is 26.3 Å². The van der Waals surface area contributed by atoms with Crippen molar-refractivity contribution in [1.82, 2.24) is 0 Å². The SMILES string of the molecule is C=C1CCC[C@]23CCCC[C@H](OC2=O)[C@H]13. The number of hydrogen-bond acceptors (Lipinski definition) is 2. The molecule has 0 amide bonds. The fourth-order valence-electron chi connectivity index (χ4n) is 3.90. The van der Waals surface area contributed by atoms with Crippen molar-refractivity contribution >= 4 is 5.97 Å². The zero-order chi connectivity index (χ0) is 10.5. The van der Waals surface area contributed by atoms with Crippen molar-refractivity contribution in [3.63, 3.8) is 0 Å². The first-order chi connectivity index (χ1) is 7.24. The first-order valence-electron chi connectivity index (χ1n) is 6.13. The summed E-state index contributed by atoms with van der Waals surface area (Å²) in [6.45, 7) is 4.18. The van der Waals surface area contributed by atoms with E-state index in [-0.39, 0.29) is 17.5 Å². The van der Waals surface area contributed by atoms with Crippen LogP contribution in [-0.2, 0) is 9.53 Å². The first kappa shape index (κ1) is 9.44. The Labute approximate surface area is 90.7 Å². The Balaban J connectivity index is 2.05. The van der Waals surface area contributed by atoms with Crippen LogP contribution in [0, 0.1) is 11.3 Å². The average Bonchev–Trinajstić information content (AvgIpc) is 2.39. The summed E-state index contributed by atoms with van der Waals surface area (Å²) in [4.78, 5) is 12.0. The zero-order valence-electron chi connectivity index (χ0n) is 9.13. The van der Waals surface area contributed by atoms with E-state index in [1.807, 2.05) is 0 Å². The van der Waals surface area contributed by atoms with Gasteiger partial charge in [0.1, 0.15) is 6.10 Å². The van der Waals surface area contributed by atoms with E-state index in [2.05, 4.69) is 6.58 Å². The van der Waals surface area contributed by atoms with Crippen LogP contribution in [0.3, 0.4) is 0 Å². The first-order valence-corrected chi connectivity index (χ1v) is 6.13. The summed E-state index contributed by atoms with van der Waals surface area (Å²) in [7, 11) is 0. The highest BCUT2D eigenvalue weighted by molar-refractivity contribution is 5.81. The van der Waals surface area contributed by atoms with Gasteiger partial charge in [-0.1, -0.05) is 18.6 Å². The van der Waals surface area contributed by atoms with E-state index in [1.54, 1.807) is 0 Å². The zero-order valence-corrected chi connectivity index (χ0v) is 9.13. The minimum atomic E-state index is -0.156. The number of esters is 1. The molecule has 0 N–H and O–H groups in total. The highest BCUT2D eigenvalue weighted by Gasteiger charge is 2.59. The third kappa shape index (κ3) is 1.14. The maximum atomic E-state index is 12.0. The van der Waals surface area contributed by atoms with Gasteiger partial charge in [-0.2, -0.15) is 0 Å². The predicted octanol–water partition coefficient (Wildman–Crippen LogP) is 2.83. The molecule has 2 saturated carbocycles. The Bertz CT molecular complexity index is 320. The summed E-state index contributed by atoms with van der Waals surface area (Å²) in [5.41, 5.74) is 1.12. The molecule has 3 rings (SSSR count). The Hall–Kier alpha value is -0.790. The van der Waals surface area contributed by atoms with Crippen molar-refractivity contribution in [1.29, 1.82) is 0 Å². The number of hydrogen-bond donors (Lipinski definition) is 0. The number of ether oxygens (including phenoxy) is 1. The van der Waals surface area contributed by atoms with Gasteiger partial charge in [0.05, 0.1) is 5.41 Å². The van der Waals surface area contributed by atoms with E-state index in [9.17, 15) is 4.79 Å². The Morgan fingerprint density at radius 2 is 2.07 bits per heavy atom. The Morgan fingerprint density at radius 3 is 2.93 bits per heavy atom. The third-order valence-corrected chi connectivity index (χ3v) is 4.55. The minimum absolute atomic E-state index is 0.0815. The second-order valence-corrected chi connectivity index (χ2v) is 5.34. The van der Waals surface area contributed by atoms with Crippen molar-refractivity contribution < 1.29 is 9.53 Å². The quantitative estimate of drug-likeness (QED) is 0.450. The van der Waals surface area contributed by atoms with Gasteiger partial charge in [0.25, 0.3) is 0 Å². The number of carbonyl (C=O) groups excluding carboxylic acids is 1. The van der Waals surface area contributed by atoms with Crippen LogP contribution >= 0.6 is 0 Å². The highest BCUT2D eigenvalue weighted by Crippen LogP contribution is 2.56. The molecule has 2 heteroatoms. The fraction of sp³-hybridized carbons (Fsp3) is 0.769. The van der Waals surface area contributed by atoms with Gasteiger partial charge in [0, 0.05) is 5.92 Å². The lowest BCUT2D eigenvalue weighted by Crippen LogP contribution is -2.37. The van der Waals surface area contributed by atoms with Gasteiger partial charge in [-0.3, -0.25) is 4.79 Å². The number of rotatable bonds is 0. The second kappa shape index (κ2) is 3.10. The Morgan fingerprint density at radius 1 is 1.27 bits per heavy atom. The molecule has 0 aromatic rings. The highest BCUT2D eigenvalue weighted by atomic mass is 16.6. The smallest absolute Gasteiger partial charge is 0.313 e. The summed E-state index contributed by atoms with van der Waals surface area (Å²) in [6.07, 6.45) is 7.90. The van der Waals surface area contributed by atoms with Crippen LogP contribution in [0.5, 0.6) is 0 Å². The molecule has 0 spiro atoms. The predicted molar refractivity (Wildman–Crippen MR) is 57.3 cm³/mol. The molecule has 15 heavy (non-hydrogen) atoms. The van der Waals surface area contributed by atoms with Crippen molar-refractivity contribution in [3.8, 4) is 0 Å². The van der Waals surface area contributed by atoms with Crippen molar-refractivity contribution in [3.05, 3.63) is 12.2 Å². The van der Waals surface area contributed by atoms with Crippen LogP contribution in [0.2, 0.25) is 0 Å². The van der Waals surface area contributed by atoms with E-state index >= 15 is 0 Å². The monoisotopic (exact) mass is 206 g/mol. The maximum absolute atomic E-state index is 12.0.